The van der Waals surface area contributed by atoms with E-state index in [4.69, 9.17) is 9.84 Å². The van der Waals surface area contributed by atoms with Gasteiger partial charge in [-0.25, -0.2) is 4.79 Å². The molecule has 6 atom stereocenters. The van der Waals surface area contributed by atoms with Crippen molar-refractivity contribution in [2.75, 3.05) is 0 Å². The number of nitrogens with one attached hydrogen (secondary N) is 1. The smallest absolute Gasteiger partial charge is 0.364 e. The molecule has 1 aliphatic rings. The van der Waals surface area contributed by atoms with Gasteiger partial charge in [0.2, 0.25) is 5.91 Å². The van der Waals surface area contributed by atoms with Crippen molar-refractivity contribution >= 4 is 17.7 Å². The van der Waals surface area contributed by atoms with Crippen LogP contribution in [-0.2, 0) is 19.1 Å². The van der Waals surface area contributed by atoms with Crippen LogP contribution in [0.1, 0.15) is 52.4 Å². The largest absolute Gasteiger partial charge is 0.477 e. The minimum Gasteiger partial charge on any atom is -0.477 e. The first-order valence-corrected chi connectivity index (χ1v) is 8.98. The van der Waals surface area contributed by atoms with E-state index in [0.29, 0.717) is 12.8 Å². The molecule has 0 radical (unpaired) electrons. The van der Waals surface area contributed by atoms with Crippen LogP contribution in [0.5, 0.6) is 0 Å². The van der Waals surface area contributed by atoms with E-state index in [9.17, 15) is 34.8 Å². The Bertz CT molecular complexity index is 540. The molecule has 0 aliphatic carbocycles. The first kappa shape index (κ1) is 23.4. The number of carbonyl (C=O) groups excluding carboxylic acids is 2. The molecule has 1 amide bonds. The van der Waals surface area contributed by atoms with E-state index in [2.05, 4.69) is 5.32 Å². The molecule has 6 N–H and O–H groups in total. The molecule has 27 heavy (non-hydrogen) atoms. The number of aliphatic carboxylic acids is 1. The van der Waals surface area contributed by atoms with Crippen molar-refractivity contribution in [2.24, 2.45) is 0 Å². The fraction of sp³-hybridized carbons (Fsp3) is 0.824. The van der Waals surface area contributed by atoms with Gasteiger partial charge in [0.1, 0.15) is 18.0 Å². The number of ketones is 1. The van der Waals surface area contributed by atoms with Gasteiger partial charge in [0.15, 0.2) is 0 Å². The van der Waals surface area contributed by atoms with Crippen LogP contribution in [0, 0.1) is 0 Å². The Morgan fingerprint density at radius 1 is 1.26 bits per heavy atom. The molecule has 0 aromatic carbocycles. The second kappa shape index (κ2) is 10.1. The van der Waals surface area contributed by atoms with Gasteiger partial charge in [0, 0.05) is 26.2 Å². The molecule has 0 aromatic heterocycles. The highest BCUT2D eigenvalue weighted by Crippen LogP contribution is 2.31. The summed E-state index contributed by atoms with van der Waals surface area (Å²) in [7, 11) is 0. The summed E-state index contributed by atoms with van der Waals surface area (Å²) in [4.78, 5) is 34.3. The molecule has 1 aliphatic heterocycles. The summed E-state index contributed by atoms with van der Waals surface area (Å²) in [6, 6.07) is -1.25. The number of ether oxygens (including phenoxy) is 1. The SMILES string of the molecule is CCCCC(=O)CC[C@@H](O)[C@@H](O)C1O[C@](O)(C(=O)O)C[C@@H](O)[C@H]1NC(C)=O. The Morgan fingerprint density at radius 3 is 2.41 bits per heavy atom. The first-order valence-electron chi connectivity index (χ1n) is 8.98. The number of carbonyl (C=O) groups is 3. The lowest BCUT2D eigenvalue weighted by Crippen LogP contribution is -2.67. The normalized spacial score (nSPS) is 30.4. The molecule has 10 heteroatoms. The summed E-state index contributed by atoms with van der Waals surface area (Å²) >= 11 is 0. The van der Waals surface area contributed by atoms with Gasteiger partial charge in [-0.05, 0) is 12.8 Å². The maximum atomic E-state index is 11.7. The summed E-state index contributed by atoms with van der Waals surface area (Å²) in [5.74, 6) is -5.22. The third-order valence-corrected chi connectivity index (χ3v) is 4.55. The molecule has 0 aromatic rings. The molecule has 156 valence electrons. The third-order valence-electron chi connectivity index (χ3n) is 4.55. The summed E-state index contributed by atoms with van der Waals surface area (Å²) in [5.41, 5.74) is 0. The number of rotatable bonds is 10. The lowest BCUT2D eigenvalue weighted by atomic mass is 9.87. The highest BCUT2D eigenvalue weighted by atomic mass is 16.7. The van der Waals surface area contributed by atoms with E-state index in [-0.39, 0.29) is 18.6 Å². The zero-order valence-corrected chi connectivity index (χ0v) is 15.5. The van der Waals surface area contributed by atoms with Crippen LogP contribution < -0.4 is 5.32 Å². The Balaban J connectivity index is 2.88. The topological polar surface area (TPSA) is 174 Å². The van der Waals surface area contributed by atoms with Crippen molar-refractivity contribution in [3.8, 4) is 0 Å². The number of hydrogen-bond donors (Lipinski definition) is 6. The minimum absolute atomic E-state index is 0.00149. The number of Topliss-reactive ketones (excluding diaryl/α,β-unsaturated/α-hetero) is 1. The van der Waals surface area contributed by atoms with Crippen molar-refractivity contribution in [2.45, 2.75) is 88.6 Å². The van der Waals surface area contributed by atoms with E-state index < -0.39 is 54.5 Å². The van der Waals surface area contributed by atoms with Crippen LogP contribution in [0.3, 0.4) is 0 Å². The van der Waals surface area contributed by atoms with Crippen LogP contribution >= 0.6 is 0 Å². The summed E-state index contributed by atoms with van der Waals surface area (Å²) in [6.45, 7) is 3.08. The van der Waals surface area contributed by atoms with Crippen LogP contribution in [0.4, 0.5) is 0 Å². The van der Waals surface area contributed by atoms with E-state index >= 15 is 0 Å². The number of aliphatic hydroxyl groups is 4. The number of aliphatic hydroxyl groups excluding tert-OH is 3. The fourth-order valence-corrected chi connectivity index (χ4v) is 3.01. The van der Waals surface area contributed by atoms with Gasteiger partial charge in [0.05, 0.1) is 18.2 Å². The molecule has 1 unspecified atom stereocenters. The molecule has 0 bridgehead atoms. The van der Waals surface area contributed by atoms with Crippen molar-refractivity contribution < 1.29 is 44.7 Å². The van der Waals surface area contributed by atoms with Crippen molar-refractivity contribution in [3.05, 3.63) is 0 Å². The average Bonchev–Trinajstić information content (AvgIpc) is 2.58. The monoisotopic (exact) mass is 391 g/mol. The van der Waals surface area contributed by atoms with Gasteiger partial charge in [-0.15, -0.1) is 0 Å². The van der Waals surface area contributed by atoms with Crippen LogP contribution in [0.15, 0.2) is 0 Å². The van der Waals surface area contributed by atoms with E-state index in [0.717, 1.165) is 13.3 Å². The van der Waals surface area contributed by atoms with Crippen LogP contribution in [-0.4, -0.2) is 79.4 Å². The van der Waals surface area contributed by atoms with Gasteiger partial charge < -0.3 is 35.6 Å². The second-order valence-corrected chi connectivity index (χ2v) is 6.91. The molecule has 1 heterocycles. The highest BCUT2D eigenvalue weighted by Gasteiger charge is 2.53. The average molecular weight is 391 g/mol. The maximum absolute atomic E-state index is 11.7. The fourth-order valence-electron chi connectivity index (χ4n) is 3.01. The first-order chi connectivity index (χ1) is 12.5. The van der Waals surface area contributed by atoms with Crippen molar-refractivity contribution in [3.63, 3.8) is 0 Å². The molecule has 0 saturated carbocycles. The number of unbranched alkanes of at least 4 members (excludes halogenated alkanes) is 1. The number of hydrogen-bond acceptors (Lipinski definition) is 8. The maximum Gasteiger partial charge on any atom is 0.364 e. The van der Waals surface area contributed by atoms with Gasteiger partial charge in [-0.2, -0.15) is 0 Å². The van der Waals surface area contributed by atoms with Crippen molar-refractivity contribution in [1.82, 2.24) is 5.32 Å². The zero-order chi connectivity index (χ0) is 20.8. The number of amides is 1. The molecular formula is C17H29NO9. The molecule has 1 fully saturated rings. The number of carboxylic acids is 1. The zero-order valence-electron chi connectivity index (χ0n) is 15.5. The van der Waals surface area contributed by atoms with E-state index in [1.807, 2.05) is 6.92 Å². The van der Waals surface area contributed by atoms with Gasteiger partial charge >= 0.3 is 5.97 Å². The van der Waals surface area contributed by atoms with Gasteiger partial charge in [-0.3, -0.25) is 9.59 Å². The molecule has 0 spiro atoms. The minimum atomic E-state index is -2.78. The summed E-state index contributed by atoms with van der Waals surface area (Å²) in [6.07, 6.45) is -5.31. The second-order valence-electron chi connectivity index (χ2n) is 6.91. The predicted octanol–water partition coefficient (Wildman–Crippen LogP) is -1.32. The van der Waals surface area contributed by atoms with Crippen LogP contribution in [0.2, 0.25) is 0 Å². The highest BCUT2D eigenvalue weighted by molar-refractivity contribution is 5.78. The molecular weight excluding hydrogens is 362 g/mol. The summed E-state index contributed by atoms with van der Waals surface area (Å²) < 4.78 is 5.06. The third kappa shape index (κ3) is 6.51. The quantitative estimate of drug-likeness (QED) is 0.264. The van der Waals surface area contributed by atoms with E-state index in [1.165, 1.54) is 0 Å². The molecule has 10 nitrogen and oxygen atoms in total. The lowest BCUT2D eigenvalue weighted by molar-refractivity contribution is -0.294. The predicted molar refractivity (Wildman–Crippen MR) is 91.5 cm³/mol. The lowest BCUT2D eigenvalue weighted by Gasteiger charge is -2.44. The van der Waals surface area contributed by atoms with E-state index in [1.54, 1.807) is 0 Å². The summed E-state index contributed by atoms with van der Waals surface area (Å²) in [5, 5.41) is 52.2. The van der Waals surface area contributed by atoms with Crippen LogP contribution in [0.25, 0.3) is 0 Å². The Labute approximate surface area is 157 Å². The Kier molecular flexibility index (Phi) is 8.76. The Hall–Kier alpha value is -1.59. The standard InChI is InChI=1S/C17H29NO9/c1-3-4-5-10(20)6-7-11(21)14(23)15-13(18-9(2)19)12(22)8-17(26,27-15)16(24)25/h11-15,21-23,26H,3-8H2,1-2H3,(H,18,19)(H,24,25)/t11-,12-,13-,14-,15?,17+/m1/s1. The van der Waals surface area contributed by atoms with Gasteiger partial charge in [-0.1, -0.05) is 13.3 Å². The number of carboxylic acid groups (broad SMARTS) is 1. The molecule has 1 rings (SSSR count). The Morgan fingerprint density at radius 2 is 1.89 bits per heavy atom. The molecule has 1 saturated heterocycles. The van der Waals surface area contributed by atoms with Gasteiger partial charge in [0.25, 0.3) is 5.79 Å². The van der Waals surface area contributed by atoms with Crippen molar-refractivity contribution in [1.29, 1.82) is 0 Å².